The molecule has 0 bridgehead atoms. The van der Waals surface area contributed by atoms with Crippen LogP contribution in [0.25, 0.3) is 0 Å². The minimum atomic E-state index is -0.714. The first-order chi connectivity index (χ1) is 9.15. The van der Waals surface area contributed by atoms with Crippen molar-refractivity contribution in [2.45, 2.75) is 6.92 Å². The van der Waals surface area contributed by atoms with Gasteiger partial charge in [-0.15, -0.1) is 0 Å². The monoisotopic (exact) mass is 290 g/mol. The van der Waals surface area contributed by atoms with Gasteiger partial charge in [-0.3, -0.25) is 0 Å². The Hall–Kier alpha value is -1.50. The Morgan fingerprint density at radius 2 is 1.79 bits per heavy atom. The molecule has 0 aliphatic rings. The lowest BCUT2D eigenvalue weighted by atomic mass is 10.1. The summed E-state index contributed by atoms with van der Waals surface area (Å²) < 4.78 is 24.5. The first-order valence-electron chi connectivity index (χ1n) is 5.35. The van der Waals surface area contributed by atoms with Crippen molar-refractivity contribution >= 4 is 17.8 Å². The van der Waals surface area contributed by atoms with Gasteiger partial charge in [-0.05, 0) is 19.1 Å². The van der Waals surface area contributed by atoms with Gasteiger partial charge in [-0.1, -0.05) is 0 Å². The number of benzene rings is 1. The summed E-state index contributed by atoms with van der Waals surface area (Å²) in [5, 5.41) is 0. The first-order valence-corrected chi connectivity index (χ1v) is 5.66. The Bertz CT molecular complexity index is 434. The molecular weight excluding hydrogens is 276 g/mol. The highest BCUT2D eigenvalue weighted by Gasteiger charge is 2.19. The van der Waals surface area contributed by atoms with E-state index in [9.17, 15) is 4.79 Å². The average molecular weight is 291 g/mol. The fraction of sp³-hybridized carbons (Fsp3) is 0.417. The highest BCUT2D eigenvalue weighted by atomic mass is 35.5. The van der Waals surface area contributed by atoms with Gasteiger partial charge in [0.2, 0.25) is 0 Å². The van der Waals surface area contributed by atoms with Gasteiger partial charge in [0, 0.05) is 19.8 Å². The van der Waals surface area contributed by atoms with Crippen molar-refractivity contribution < 1.29 is 28.0 Å². The van der Waals surface area contributed by atoms with E-state index in [-0.39, 0.29) is 19.1 Å². The van der Waals surface area contributed by atoms with Crippen LogP contribution in [0, 0.1) is 6.92 Å². The van der Waals surface area contributed by atoms with E-state index < -0.39 is 5.97 Å². The van der Waals surface area contributed by atoms with Gasteiger partial charge < -0.3 is 23.2 Å². The first kappa shape index (κ1) is 15.6. The van der Waals surface area contributed by atoms with E-state index in [0.29, 0.717) is 17.1 Å². The molecule has 0 aromatic heterocycles. The average Bonchev–Trinajstić information content (AvgIpc) is 2.43. The van der Waals surface area contributed by atoms with E-state index in [1.807, 2.05) is 0 Å². The van der Waals surface area contributed by atoms with Crippen LogP contribution >= 0.6 is 11.9 Å². The van der Waals surface area contributed by atoms with Crippen LogP contribution in [0.5, 0.6) is 11.5 Å². The normalized spacial score (nSPS) is 10.1. The molecule has 1 aromatic carbocycles. The number of hydrogen-bond donors (Lipinski definition) is 0. The summed E-state index contributed by atoms with van der Waals surface area (Å²) in [6, 6.07) is 3.10. The molecule has 0 atom stereocenters. The molecule has 0 amide bonds. The molecule has 0 radical (unpaired) electrons. The van der Waals surface area contributed by atoms with Gasteiger partial charge in [0.25, 0.3) is 0 Å². The Kier molecular flexibility index (Phi) is 6.41. The summed E-state index contributed by atoms with van der Waals surface area (Å²) in [6.07, 6.45) is 0. The highest BCUT2D eigenvalue weighted by Crippen LogP contribution is 2.32. The molecule has 0 saturated heterocycles. The molecule has 0 N–H and O–H groups in total. The van der Waals surface area contributed by atoms with E-state index in [1.54, 1.807) is 13.0 Å². The van der Waals surface area contributed by atoms with Crippen LogP contribution in [0.2, 0.25) is 0 Å². The van der Waals surface area contributed by atoms with Gasteiger partial charge in [0.15, 0.2) is 13.6 Å². The lowest BCUT2D eigenvalue weighted by molar-refractivity contribution is 0.0439. The van der Waals surface area contributed by atoms with Gasteiger partial charge in [0.05, 0.1) is 0 Å². The SMILES string of the molecule is COCOc1ccc(C(=O)OCl)c(OCOC)c1C. The van der Waals surface area contributed by atoms with Crippen LogP contribution in [0.15, 0.2) is 12.1 Å². The molecule has 0 aliphatic heterocycles. The Labute approximate surface area is 116 Å². The molecule has 1 aromatic rings. The highest BCUT2D eigenvalue weighted by molar-refractivity contribution is 6.16. The predicted octanol–water partition coefficient (Wildman–Crippen LogP) is 2.27. The summed E-state index contributed by atoms with van der Waals surface area (Å²) in [6.45, 7) is 1.81. The molecule has 19 heavy (non-hydrogen) atoms. The zero-order valence-corrected chi connectivity index (χ0v) is 11.7. The van der Waals surface area contributed by atoms with Gasteiger partial charge in [-0.2, -0.15) is 0 Å². The fourth-order valence-corrected chi connectivity index (χ4v) is 1.54. The summed E-state index contributed by atoms with van der Waals surface area (Å²) in [5.41, 5.74) is 0.808. The van der Waals surface area contributed by atoms with Gasteiger partial charge >= 0.3 is 5.97 Å². The maximum absolute atomic E-state index is 11.5. The van der Waals surface area contributed by atoms with E-state index in [0.717, 1.165) is 0 Å². The third-order valence-corrected chi connectivity index (χ3v) is 2.44. The molecule has 6 nitrogen and oxygen atoms in total. The number of carbonyl (C=O) groups is 1. The summed E-state index contributed by atoms with van der Waals surface area (Å²) in [7, 11) is 2.98. The largest absolute Gasteiger partial charge is 0.467 e. The molecule has 0 spiro atoms. The number of rotatable bonds is 7. The third-order valence-electron chi connectivity index (χ3n) is 2.30. The van der Waals surface area contributed by atoms with Crippen LogP contribution in [-0.2, 0) is 13.8 Å². The summed E-state index contributed by atoms with van der Waals surface area (Å²) >= 11 is 5.08. The topological polar surface area (TPSA) is 63.2 Å². The smallest absolute Gasteiger partial charge is 0.360 e. The molecule has 0 unspecified atom stereocenters. The van der Waals surface area contributed by atoms with Crippen molar-refractivity contribution in [3.05, 3.63) is 23.3 Å². The number of ether oxygens (including phenoxy) is 4. The minimum Gasteiger partial charge on any atom is -0.467 e. The molecule has 0 heterocycles. The zero-order valence-electron chi connectivity index (χ0n) is 10.9. The molecule has 0 fully saturated rings. The van der Waals surface area contributed by atoms with Crippen LogP contribution < -0.4 is 9.47 Å². The minimum absolute atomic E-state index is 0.0167. The Morgan fingerprint density at radius 1 is 1.16 bits per heavy atom. The van der Waals surface area contributed by atoms with E-state index >= 15 is 0 Å². The molecule has 0 aliphatic carbocycles. The van der Waals surface area contributed by atoms with Crippen molar-refractivity contribution in [1.29, 1.82) is 0 Å². The molecule has 1 rings (SSSR count). The molecule has 0 saturated carbocycles. The molecule has 106 valence electrons. The van der Waals surface area contributed by atoms with Crippen molar-refractivity contribution in [3.8, 4) is 11.5 Å². The van der Waals surface area contributed by atoms with Crippen molar-refractivity contribution in [1.82, 2.24) is 0 Å². The number of methoxy groups -OCH3 is 2. The summed E-state index contributed by atoms with van der Waals surface area (Å²) in [4.78, 5) is 11.5. The van der Waals surface area contributed by atoms with Gasteiger partial charge in [-0.25, -0.2) is 4.79 Å². The lowest BCUT2D eigenvalue weighted by Crippen LogP contribution is -2.09. The molecule has 7 heteroatoms. The van der Waals surface area contributed by atoms with Gasteiger partial charge in [0.1, 0.15) is 28.9 Å². The maximum Gasteiger partial charge on any atom is 0.360 e. The zero-order chi connectivity index (χ0) is 14.3. The standard InChI is InChI=1S/C12H15ClO6/c1-8-10(17-6-15-2)5-4-9(12(14)19-13)11(8)18-7-16-3/h4-5H,6-7H2,1-3H3. The van der Waals surface area contributed by atoms with Crippen molar-refractivity contribution in [2.24, 2.45) is 0 Å². The fourth-order valence-electron chi connectivity index (χ4n) is 1.46. The Balaban J connectivity index is 3.11. The van der Waals surface area contributed by atoms with Crippen LogP contribution in [0.3, 0.4) is 0 Å². The second-order valence-electron chi connectivity index (χ2n) is 3.53. The Morgan fingerprint density at radius 3 is 2.37 bits per heavy atom. The molecular formula is C12H15ClO6. The maximum atomic E-state index is 11.5. The number of hydrogen-bond acceptors (Lipinski definition) is 6. The van der Waals surface area contributed by atoms with Crippen molar-refractivity contribution in [2.75, 3.05) is 27.8 Å². The third kappa shape index (κ3) is 3.99. The van der Waals surface area contributed by atoms with Crippen molar-refractivity contribution in [3.63, 3.8) is 0 Å². The van der Waals surface area contributed by atoms with Crippen LogP contribution in [0.4, 0.5) is 0 Å². The van der Waals surface area contributed by atoms with E-state index in [4.69, 9.17) is 30.8 Å². The second-order valence-corrected chi connectivity index (χ2v) is 3.69. The van der Waals surface area contributed by atoms with E-state index in [1.165, 1.54) is 20.3 Å². The predicted molar refractivity (Wildman–Crippen MR) is 67.5 cm³/mol. The lowest BCUT2D eigenvalue weighted by Gasteiger charge is -2.15. The van der Waals surface area contributed by atoms with E-state index in [2.05, 4.69) is 4.29 Å². The van der Waals surface area contributed by atoms with Crippen LogP contribution in [-0.4, -0.2) is 33.8 Å². The van der Waals surface area contributed by atoms with Crippen LogP contribution in [0.1, 0.15) is 15.9 Å². The second kappa shape index (κ2) is 7.83. The summed E-state index contributed by atoms with van der Waals surface area (Å²) in [5.74, 6) is 0.106. The number of carbonyl (C=O) groups excluding carboxylic acids is 1. The quantitative estimate of drug-likeness (QED) is 0.718. The number of halogens is 1.